The molecule has 0 aliphatic rings. The molecule has 0 fully saturated rings. The van der Waals surface area contributed by atoms with Crippen LogP contribution < -0.4 is 0 Å². The smallest absolute Gasteiger partial charge is 0.342 e. The molecular formula is C13H8Cl2FNO2. The third-order valence-electron chi connectivity index (χ3n) is 2.50. The van der Waals surface area contributed by atoms with Crippen molar-refractivity contribution in [2.75, 3.05) is 7.11 Å². The fraction of sp³-hybridized carbons (Fsp3) is 0.0769. The Balaban J connectivity index is 2.61. The Kier molecular flexibility index (Phi) is 4.02. The number of methoxy groups -OCH3 is 1. The van der Waals surface area contributed by atoms with Crippen molar-refractivity contribution in [1.82, 2.24) is 4.98 Å². The van der Waals surface area contributed by atoms with Gasteiger partial charge in [-0.15, -0.1) is 0 Å². The topological polar surface area (TPSA) is 39.2 Å². The SMILES string of the molecule is COC(=O)c1cc(-c2c(Cl)cccc2Cl)cnc1F. The third-order valence-corrected chi connectivity index (χ3v) is 3.13. The lowest BCUT2D eigenvalue weighted by atomic mass is 10.1. The van der Waals surface area contributed by atoms with Crippen molar-refractivity contribution in [2.45, 2.75) is 0 Å². The quantitative estimate of drug-likeness (QED) is 0.622. The van der Waals surface area contributed by atoms with E-state index in [1.165, 1.54) is 12.3 Å². The van der Waals surface area contributed by atoms with Gasteiger partial charge < -0.3 is 4.74 Å². The molecule has 19 heavy (non-hydrogen) atoms. The molecule has 1 aromatic carbocycles. The first-order valence-electron chi connectivity index (χ1n) is 5.23. The maximum absolute atomic E-state index is 13.4. The first-order valence-corrected chi connectivity index (χ1v) is 5.98. The van der Waals surface area contributed by atoms with E-state index in [4.69, 9.17) is 23.2 Å². The fourth-order valence-electron chi connectivity index (χ4n) is 1.61. The summed E-state index contributed by atoms with van der Waals surface area (Å²) in [5.74, 6) is -1.71. The number of benzene rings is 1. The van der Waals surface area contributed by atoms with Crippen LogP contribution in [-0.4, -0.2) is 18.1 Å². The zero-order valence-corrected chi connectivity index (χ0v) is 11.3. The molecular weight excluding hydrogens is 292 g/mol. The second kappa shape index (κ2) is 5.55. The molecule has 0 saturated carbocycles. The van der Waals surface area contributed by atoms with Crippen molar-refractivity contribution >= 4 is 29.2 Å². The van der Waals surface area contributed by atoms with E-state index in [1.807, 2.05) is 0 Å². The lowest BCUT2D eigenvalue weighted by molar-refractivity contribution is 0.0594. The maximum Gasteiger partial charge on any atom is 0.342 e. The van der Waals surface area contributed by atoms with Gasteiger partial charge in [0, 0.05) is 27.4 Å². The molecule has 3 nitrogen and oxygen atoms in total. The number of nitrogens with zero attached hydrogens (tertiary/aromatic N) is 1. The number of ether oxygens (including phenoxy) is 1. The van der Waals surface area contributed by atoms with Crippen LogP contribution in [0.4, 0.5) is 4.39 Å². The van der Waals surface area contributed by atoms with E-state index in [2.05, 4.69) is 9.72 Å². The average Bonchev–Trinajstić information content (AvgIpc) is 2.39. The molecule has 0 amide bonds. The molecule has 0 radical (unpaired) electrons. The Hall–Kier alpha value is -1.65. The predicted molar refractivity (Wildman–Crippen MR) is 71.0 cm³/mol. The van der Waals surface area contributed by atoms with Crippen molar-refractivity contribution in [3.05, 3.63) is 52.0 Å². The number of esters is 1. The number of rotatable bonds is 2. The number of hydrogen-bond acceptors (Lipinski definition) is 3. The highest BCUT2D eigenvalue weighted by Crippen LogP contribution is 2.34. The van der Waals surface area contributed by atoms with E-state index in [0.717, 1.165) is 7.11 Å². The Morgan fingerprint density at radius 1 is 1.32 bits per heavy atom. The van der Waals surface area contributed by atoms with Gasteiger partial charge in [-0.3, -0.25) is 0 Å². The summed E-state index contributed by atoms with van der Waals surface area (Å²) in [5, 5.41) is 0.772. The lowest BCUT2D eigenvalue weighted by Gasteiger charge is -2.08. The number of carbonyl (C=O) groups excluding carboxylic acids is 1. The van der Waals surface area contributed by atoms with Crippen molar-refractivity contribution in [1.29, 1.82) is 0 Å². The summed E-state index contributed by atoms with van der Waals surface area (Å²) in [5.41, 5.74) is 0.664. The summed E-state index contributed by atoms with van der Waals surface area (Å²) in [7, 11) is 1.16. The van der Waals surface area contributed by atoms with Gasteiger partial charge in [0.25, 0.3) is 0 Å². The first-order chi connectivity index (χ1) is 9.04. The highest BCUT2D eigenvalue weighted by atomic mass is 35.5. The summed E-state index contributed by atoms with van der Waals surface area (Å²) < 4.78 is 17.9. The summed E-state index contributed by atoms with van der Waals surface area (Å²) in [6.07, 6.45) is 1.26. The van der Waals surface area contributed by atoms with Gasteiger partial charge in [0.1, 0.15) is 5.56 Å². The van der Waals surface area contributed by atoms with Crippen LogP contribution in [0, 0.1) is 5.95 Å². The molecule has 0 bridgehead atoms. The number of hydrogen-bond donors (Lipinski definition) is 0. The molecule has 0 spiro atoms. The molecule has 0 N–H and O–H groups in total. The Labute approximate surface area is 118 Å². The summed E-state index contributed by atoms with van der Waals surface area (Å²) >= 11 is 12.1. The number of pyridine rings is 1. The number of aromatic nitrogens is 1. The van der Waals surface area contributed by atoms with Crippen LogP contribution in [0.3, 0.4) is 0 Å². The predicted octanol–water partition coefficient (Wildman–Crippen LogP) is 3.98. The molecule has 0 atom stereocenters. The lowest BCUT2D eigenvalue weighted by Crippen LogP contribution is -2.06. The van der Waals surface area contributed by atoms with Crippen LogP contribution in [0.1, 0.15) is 10.4 Å². The standard InChI is InChI=1S/C13H8Cl2FNO2/c1-19-13(18)8-5-7(6-17-12(8)16)11-9(14)3-2-4-10(11)15/h2-6H,1H3. The van der Waals surface area contributed by atoms with Crippen LogP contribution in [0.2, 0.25) is 10.0 Å². The minimum absolute atomic E-state index is 0.268. The number of halogens is 3. The van der Waals surface area contributed by atoms with Gasteiger partial charge in [0.05, 0.1) is 7.11 Å². The molecule has 0 unspecified atom stereocenters. The van der Waals surface area contributed by atoms with Crippen LogP contribution in [0.5, 0.6) is 0 Å². The molecule has 0 saturated heterocycles. The zero-order valence-electron chi connectivity index (χ0n) is 9.78. The molecule has 98 valence electrons. The molecule has 0 aliphatic heterocycles. The minimum Gasteiger partial charge on any atom is -0.465 e. The summed E-state index contributed by atoms with van der Waals surface area (Å²) in [4.78, 5) is 14.9. The van der Waals surface area contributed by atoms with Gasteiger partial charge in [-0.1, -0.05) is 29.3 Å². The van der Waals surface area contributed by atoms with Gasteiger partial charge in [-0.05, 0) is 18.2 Å². The van der Waals surface area contributed by atoms with E-state index < -0.39 is 11.9 Å². The second-order valence-electron chi connectivity index (χ2n) is 3.65. The maximum atomic E-state index is 13.4. The van der Waals surface area contributed by atoms with E-state index in [-0.39, 0.29) is 5.56 Å². The van der Waals surface area contributed by atoms with Crippen LogP contribution >= 0.6 is 23.2 Å². The molecule has 6 heteroatoms. The number of carbonyl (C=O) groups is 1. The molecule has 2 rings (SSSR count). The Morgan fingerprint density at radius 2 is 1.95 bits per heavy atom. The highest BCUT2D eigenvalue weighted by Gasteiger charge is 2.17. The highest BCUT2D eigenvalue weighted by molar-refractivity contribution is 6.39. The summed E-state index contributed by atoms with van der Waals surface area (Å²) in [6.45, 7) is 0. The first kappa shape index (κ1) is 13.8. The average molecular weight is 300 g/mol. The fourth-order valence-corrected chi connectivity index (χ4v) is 2.23. The zero-order chi connectivity index (χ0) is 14.0. The van der Waals surface area contributed by atoms with E-state index in [9.17, 15) is 9.18 Å². The Bertz CT molecular complexity index is 626. The van der Waals surface area contributed by atoms with Crippen LogP contribution in [-0.2, 0) is 4.74 Å². The van der Waals surface area contributed by atoms with Crippen molar-refractivity contribution < 1.29 is 13.9 Å². The van der Waals surface area contributed by atoms with E-state index in [0.29, 0.717) is 21.2 Å². The van der Waals surface area contributed by atoms with Crippen molar-refractivity contribution in [3.63, 3.8) is 0 Å². The van der Waals surface area contributed by atoms with E-state index in [1.54, 1.807) is 18.2 Å². The van der Waals surface area contributed by atoms with Crippen LogP contribution in [0.25, 0.3) is 11.1 Å². The van der Waals surface area contributed by atoms with Gasteiger partial charge >= 0.3 is 5.97 Å². The van der Waals surface area contributed by atoms with Gasteiger partial charge in [0.15, 0.2) is 0 Å². The van der Waals surface area contributed by atoms with Crippen molar-refractivity contribution in [2.24, 2.45) is 0 Å². The second-order valence-corrected chi connectivity index (χ2v) is 4.47. The monoisotopic (exact) mass is 299 g/mol. The van der Waals surface area contributed by atoms with E-state index >= 15 is 0 Å². The third kappa shape index (κ3) is 2.69. The molecule has 1 aromatic heterocycles. The van der Waals surface area contributed by atoms with Crippen LogP contribution in [0.15, 0.2) is 30.5 Å². The van der Waals surface area contributed by atoms with Gasteiger partial charge in [-0.25, -0.2) is 9.78 Å². The normalized spacial score (nSPS) is 10.3. The largest absolute Gasteiger partial charge is 0.465 e. The molecule has 0 aliphatic carbocycles. The molecule has 1 heterocycles. The minimum atomic E-state index is -0.904. The van der Waals surface area contributed by atoms with Crippen molar-refractivity contribution in [3.8, 4) is 11.1 Å². The van der Waals surface area contributed by atoms with Gasteiger partial charge in [0.2, 0.25) is 5.95 Å². The summed E-state index contributed by atoms with van der Waals surface area (Å²) in [6, 6.07) is 6.28. The molecule has 2 aromatic rings. The van der Waals surface area contributed by atoms with Gasteiger partial charge in [-0.2, -0.15) is 4.39 Å². The Morgan fingerprint density at radius 3 is 2.53 bits per heavy atom.